The third kappa shape index (κ3) is 3.07. The Balaban J connectivity index is 2.88. The van der Waals surface area contributed by atoms with Gasteiger partial charge in [0.25, 0.3) is 0 Å². The normalized spacial score (nSPS) is 16.2. The number of aliphatic carboxylic acids is 1. The molecule has 0 unspecified atom stereocenters. The molecule has 0 saturated carbocycles. The Hall–Kier alpha value is -1.35. The lowest BCUT2D eigenvalue weighted by Crippen LogP contribution is -2.46. The zero-order chi connectivity index (χ0) is 12.9. The molecule has 3 heteroatoms. The molecule has 0 fully saturated rings. The number of rotatable bonds is 6. The van der Waals surface area contributed by atoms with Crippen LogP contribution in [0.4, 0.5) is 0 Å². The summed E-state index contributed by atoms with van der Waals surface area (Å²) >= 11 is 0. The van der Waals surface area contributed by atoms with E-state index in [-0.39, 0.29) is 12.3 Å². The Kier molecular flexibility index (Phi) is 4.70. The van der Waals surface area contributed by atoms with Gasteiger partial charge in [0, 0.05) is 5.92 Å². The summed E-state index contributed by atoms with van der Waals surface area (Å²) in [6.45, 7) is 3.62. The second-order valence-corrected chi connectivity index (χ2v) is 4.38. The van der Waals surface area contributed by atoms with Crippen molar-refractivity contribution < 1.29 is 15.0 Å². The summed E-state index contributed by atoms with van der Waals surface area (Å²) in [7, 11) is 0. The molecule has 0 heterocycles. The van der Waals surface area contributed by atoms with E-state index >= 15 is 0 Å². The number of carbonyl (C=O) groups is 1. The Morgan fingerprint density at radius 3 is 2.29 bits per heavy atom. The molecule has 0 aromatic heterocycles. The van der Waals surface area contributed by atoms with Crippen LogP contribution in [0.3, 0.4) is 0 Å². The van der Waals surface area contributed by atoms with E-state index in [2.05, 4.69) is 0 Å². The van der Waals surface area contributed by atoms with Crippen LogP contribution in [0.5, 0.6) is 0 Å². The zero-order valence-corrected chi connectivity index (χ0v) is 10.4. The first-order valence-electron chi connectivity index (χ1n) is 6.04. The maximum absolute atomic E-state index is 11.2. The lowest BCUT2D eigenvalue weighted by molar-refractivity contribution is -0.165. The molecule has 2 atom stereocenters. The minimum atomic E-state index is -1.62. The molecule has 1 aromatic rings. The molecule has 94 valence electrons. The van der Waals surface area contributed by atoms with Crippen molar-refractivity contribution in [3.8, 4) is 0 Å². The van der Waals surface area contributed by atoms with Gasteiger partial charge in [-0.2, -0.15) is 0 Å². The number of hydrogen-bond acceptors (Lipinski definition) is 2. The maximum Gasteiger partial charge on any atom is 0.335 e. The van der Waals surface area contributed by atoms with E-state index in [0.717, 1.165) is 5.56 Å². The summed E-state index contributed by atoms with van der Waals surface area (Å²) in [5, 5.41) is 19.4. The van der Waals surface area contributed by atoms with Crippen molar-refractivity contribution >= 4 is 5.97 Å². The molecule has 0 spiro atoms. The average molecular weight is 236 g/mol. The number of carboxylic acids is 1. The molecule has 0 amide bonds. The van der Waals surface area contributed by atoms with Crippen molar-refractivity contribution in [1.29, 1.82) is 0 Å². The molecule has 0 aliphatic rings. The van der Waals surface area contributed by atoms with Crippen LogP contribution in [-0.4, -0.2) is 21.8 Å². The standard InChI is InChI=1S/C14H20O3/c1-3-12(14(17,4-2)13(15)16)10-11-8-6-5-7-9-11/h5-9,12,17H,3-4,10H2,1-2H3,(H,15,16)/t12-,14+/m1/s1. The summed E-state index contributed by atoms with van der Waals surface area (Å²) in [6, 6.07) is 9.69. The first-order chi connectivity index (χ1) is 8.04. The smallest absolute Gasteiger partial charge is 0.335 e. The van der Waals surface area contributed by atoms with Crippen LogP contribution >= 0.6 is 0 Å². The fraction of sp³-hybridized carbons (Fsp3) is 0.500. The Labute approximate surface area is 102 Å². The first kappa shape index (κ1) is 13.7. The number of benzene rings is 1. The fourth-order valence-electron chi connectivity index (χ4n) is 2.16. The van der Waals surface area contributed by atoms with Crippen molar-refractivity contribution in [3.63, 3.8) is 0 Å². The van der Waals surface area contributed by atoms with Crippen LogP contribution in [0.2, 0.25) is 0 Å². The summed E-state index contributed by atoms with van der Waals surface area (Å²) in [5.41, 5.74) is -0.558. The fourth-order valence-corrected chi connectivity index (χ4v) is 2.16. The predicted octanol–water partition coefficient (Wildman–Crippen LogP) is 2.48. The maximum atomic E-state index is 11.2. The SMILES string of the molecule is CC[C@H](Cc1ccccc1)[C@@](O)(CC)C(=O)O. The molecule has 1 aromatic carbocycles. The number of carboxylic acid groups (broad SMARTS) is 1. The highest BCUT2D eigenvalue weighted by Gasteiger charge is 2.41. The van der Waals surface area contributed by atoms with Gasteiger partial charge in [-0.05, 0) is 24.8 Å². The summed E-state index contributed by atoms with van der Waals surface area (Å²) in [4.78, 5) is 11.2. The molecule has 0 saturated heterocycles. The van der Waals surface area contributed by atoms with Crippen LogP contribution in [0.1, 0.15) is 32.3 Å². The lowest BCUT2D eigenvalue weighted by Gasteiger charge is -2.31. The minimum absolute atomic E-state index is 0.230. The van der Waals surface area contributed by atoms with Crippen molar-refractivity contribution in [2.45, 2.75) is 38.7 Å². The van der Waals surface area contributed by atoms with Crippen LogP contribution in [-0.2, 0) is 11.2 Å². The summed E-state index contributed by atoms with van der Waals surface area (Å²) in [6.07, 6.45) is 1.47. The molecule has 0 bridgehead atoms. The Morgan fingerprint density at radius 2 is 1.88 bits per heavy atom. The van der Waals surface area contributed by atoms with E-state index in [0.29, 0.717) is 12.8 Å². The van der Waals surface area contributed by atoms with E-state index in [9.17, 15) is 9.90 Å². The second kappa shape index (κ2) is 5.82. The highest BCUT2D eigenvalue weighted by atomic mass is 16.4. The second-order valence-electron chi connectivity index (χ2n) is 4.38. The summed E-state index contributed by atoms with van der Waals surface area (Å²) < 4.78 is 0. The van der Waals surface area contributed by atoms with Gasteiger partial charge in [-0.3, -0.25) is 0 Å². The predicted molar refractivity (Wildman–Crippen MR) is 66.8 cm³/mol. The molecule has 0 aliphatic heterocycles. The van der Waals surface area contributed by atoms with Crippen LogP contribution in [0.25, 0.3) is 0 Å². The van der Waals surface area contributed by atoms with Crippen molar-refractivity contribution in [2.24, 2.45) is 5.92 Å². The molecule has 0 radical (unpaired) electrons. The number of aliphatic hydroxyl groups is 1. The highest BCUT2D eigenvalue weighted by Crippen LogP contribution is 2.28. The first-order valence-corrected chi connectivity index (χ1v) is 6.04. The van der Waals surface area contributed by atoms with Crippen LogP contribution in [0, 0.1) is 5.92 Å². The van der Waals surface area contributed by atoms with Crippen molar-refractivity contribution in [1.82, 2.24) is 0 Å². The molecular weight excluding hydrogens is 216 g/mol. The van der Waals surface area contributed by atoms with E-state index in [1.165, 1.54) is 0 Å². The third-order valence-corrected chi connectivity index (χ3v) is 3.40. The number of hydrogen-bond donors (Lipinski definition) is 2. The van der Waals surface area contributed by atoms with Gasteiger partial charge in [0.1, 0.15) is 0 Å². The zero-order valence-electron chi connectivity index (χ0n) is 10.4. The van der Waals surface area contributed by atoms with Gasteiger partial charge in [-0.15, -0.1) is 0 Å². The van der Waals surface area contributed by atoms with Gasteiger partial charge < -0.3 is 10.2 Å². The van der Waals surface area contributed by atoms with E-state index in [1.807, 2.05) is 37.3 Å². The van der Waals surface area contributed by atoms with Gasteiger partial charge in [0.2, 0.25) is 0 Å². The van der Waals surface area contributed by atoms with E-state index < -0.39 is 11.6 Å². The Bertz CT molecular complexity index is 361. The monoisotopic (exact) mass is 236 g/mol. The van der Waals surface area contributed by atoms with Crippen LogP contribution in [0.15, 0.2) is 30.3 Å². The summed E-state index contributed by atoms with van der Waals surface area (Å²) in [5.74, 6) is -1.38. The topological polar surface area (TPSA) is 57.5 Å². The third-order valence-electron chi connectivity index (χ3n) is 3.40. The van der Waals surface area contributed by atoms with Crippen molar-refractivity contribution in [3.05, 3.63) is 35.9 Å². The largest absolute Gasteiger partial charge is 0.479 e. The van der Waals surface area contributed by atoms with E-state index in [1.54, 1.807) is 6.92 Å². The van der Waals surface area contributed by atoms with Gasteiger partial charge in [0.05, 0.1) is 0 Å². The quantitative estimate of drug-likeness (QED) is 0.797. The molecule has 2 N–H and O–H groups in total. The highest BCUT2D eigenvalue weighted by molar-refractivity contribution is 5.77. The van der Waals surface area contributed by atoms with Gasteiger partial charge in [-0.25, -0.2) is 4.79 Å². The molecule has 0 aliphatic carbocycles. The average Bonchev–Trinajstić information content (AvgIpc) is 2.36. The van der Waals surface area contributed by atoms with E-state index in [4.69, 9.17) is 5.11 Å². The van der Waals surface area contributed by atoms with Gasteiger partial charge >= 0.3 is 5.97 Å². The Morgan fingerprint density at radius 1 is 1.29 bits per heavy atom. The molecule has 3 nitrogen and oxygen atoms in total. The molecule has 1 rings (SSSR count). The molecule has 17 heavy (non-hydrogen) atoms. The van der Waals surface area contributed by atoms with Crippen LogP contribution < -0.4 is 0 Å². The minimum Gasteiger partial charge on any atom is -0.479 e. The lowest BCUT2D eigenvalue weighted by atomic mass is 9.79. The van der Waals surface area contributed by atoms with Gasteiger partial charge in [-0.1, -0.05) is 44.2 Å². The molecular formula is C14H20O3. The van der Waals surface area contributed by atoms with Gasteiger partial charge in [0.15, 0.2) is 5.60 Å². The van der Waals surface area contributed by atoms with Crippen molar-refractivity contribution in [2.75, 3.05) is 0 Å².